The van der Waals surface area contributed by atoms with Crippen LogP contribution >= 0.6 is 23.1 Å². The van der Waals surface area contributed by atoms with E-state index in [0.29, 0.717) is 22.1 Å². The van der Waals surface area contributed by atoms with Crippen molar-refractivity contribution in [3.63, 3.8) is 0 Å². The maximum absolute atomic E-state index is 12.8. The van der Waals surface area contributed by atoms with Crippen molar-refractivity contribution in [2.24, 2.45) is 5.73 Å². The molecule has 9 heteroatoms. The van der Waals surface area contributed by atoms with Gasteiger partial charge in [-0.05, 0) is 56.8 Å². The molecular weight excluding hydrogens is 396 g/mol. The third-order valence-corrected chi connectivity index (χ3v) is 7.19. The standard InChI is InChI=1S/C19H22N4O3S2/c1-27-19-21-12-7-4-6-10(12)18(26)23(19)9-14(24)22-17-15(16(20)25)11-5-2-3-8-13(11)28-17/h2-9H2,1H3,(H2,20,25)(H,22,24). The fourth-order valence-electron chi connectivity index (χ4n) is 4.03. The lowest BCUT2D eigenvalue weighted by molar-refractivity contribution is -0.116. The highest BCUT2D eigenvalue weighted by Crippen LogP contribution is 2.37. The number of thioether (sulfide) groups is 1. The molecule has 0 unspecified atom stereocenters. The Balaban J connectivity index is 1.62. The summed E-state index contributed by atoms with van der Waals surface area (Å²) in [6, 6.07) is 0. The van der Waals surface area contributed by atoms with Gasteiger partial charge in [-0.25, -0.2) is 4.98 Å². The van der Waals surface area contributed by atoms with E-state index in [9.17, 15) is 14.4 Å². The number of thiophene rings is 1. The Kier molecular flexibility index (Phi) is 5.29. The van der Waals surface area contributed by atoms with Crippen LogP contribution < -0.4 is 16.6 Å². The van der Waals surface area contributed by atoms with Crippen molar-refractivity contribution in [1.82, 2.24) is 9.55 Å². The second-order valence-corrected chi connectivity index (χ2v) is 8.97. The normalized spacial score (nSPS) is 15.2. The summed E-state index contributed by atoms with van der Waals surface area (Å²) in [7, 11) is 0. The molecule has 0 saturated carbocycles. The number of hydrogen-bond donors (Lipinski definition) is 2. The first-order valence-corrected chi connectivity index (χ1v) is 11.4. The molecule has 0 aromatic carbocycles. The number of nitrogens with two attached hydrogens (primary N) is 1. The van der Waals surface area contributed by atoms with Gasteiger partial charge in [-0.2, -0.15) is 0 Å². The van der Waals surface area contributed by atoms with Crippen LogP contribution in [0.2, 0.25) is 0 Å². The van der Waals surface area contributed by atoms with Crippen molar-refractivity contribution in [1.29, 1.82) is 0 Å². The van der Waals surface area contributed by atoms with Crippen molar-refractivity contribution < 1.29 is 9.59 Å². The van der Waals surface area contributed by atoms with Crippen LogP contribution in [0.5, 0.6) is 0 Å². The number of fused-ring (bicyclic) bond motifs is 2. The highest BCUT2D eigenvalue weighted by molar-refractivity contribution is 7.98. The molecule has 0 fully saturated rings. The van der Waals surface area contributed by atoms with E-state index in [0.717, 1.165) is 60.2 Å². The molecule has 28 heavy (non-hydrogen) atoms. The molecule has 3 N–H and O–H groups in total. The quantitative estimate of drug-likeness (QED) is 0.571. The van der Waals surface area contributed by atoms with Gasteiger partial charge >= 0.3 is 0 Å². The van der Waals surface area contributed by atoms with E-state index in [1.54, 1.807) is 0 Å². The third-order valence-electron chi connectivity index (χ3n) is 5.31. The number of hydrogen-bond acceptors (Lipinski definition) is 6. The van der Waals surface area contributed by atoms with Crippen molar-refractivity contribution in [2.45, 2.75) is 56.6 Å². The predicted molar refractivity (Wildman–Crippen MR) is 110 cm³/mol. The van der Waals surface area contributed by atoms with Crippen molar-refractivity contribution >= 4 is 39.9 Å². The zero-order chi connectivity index (χ0) is 19.8. The van der Waals surface area contributed by atoms with Crippen molar-refractivity contribution in [2.75, 3.05) is 11.6 Å². The SMILES string of the molecule is CSc1nc2c(c(=O)n1CC(=O)Nc1sc3c(c1C(N)=O)CCCC3)CCC2. The predicted octanol–water partition coefficient (Wildman–Crippen LogP) is 2.13. The van der Waals surface area contributed by atoms with Gasteiger partial charge in [-0.15, -0.1) is 11.3 Å². The number of carbonyl (C=O) groups excluding carboxylic acids is 2. The molecule has 7 nitrogen and oxygen atoms in total. The molecule has 0 atom stereocenters. The van der Waals surface area contributed by atoms with Crippen LogP contribution in [0, 0.1) is 0 Å². The fourth-order valence-corrected chi connectivity index (χ4v) is 5.91. The third kappa shape index (κ3) is 3.37. The Labute approximate surface area is 170 Å². The topological polar surface area (TPSA) is 107 Å². The van der Waals surface area contributed by atoms with E-state index in [1.807, 2.05) is 6.26 Å². The van der Waals surface area contributed by atoms with Gasteiger partial charge in [-0.3, -0.25) is 19.0 Å². The number of aromatic nitrogens is 2. The summed E-state index contributed by atoms with van der Waals surface area (Å²) in [6.45, 7) is -0.129. The zero-order valence-corrected chi connectivity index (χ0v) is 17.3. The van der Waals surface area contributed by atoms with Gasteiger partial charge in [0.1, 0.15) is 11.5 Å². The van der Waals surface area contributed by atoms with Crippen molar-refractivity contribution in [3.05, 3.63) is 37.6 Å². The average Bonchev–Trinajstić information content (AvgIpc) is 3.27. The maximum Gasteiger partial charge on any atom is 0.258 e. The average molecular weight is 419 g/mol. The number of primary amides is 1. The summed E-state index contributed by atoms with van der Waals surface area (Å²) in [5.74, 6) is -0.867. The highest BCUT2D eigenvalue weighted by Gasteiger charge is 2.26. The summed E-state index contributed by atoms with van der Waals surface area (Å²) < 4.78 is 1.43. The Morgan fingerprint density at radius 2 is 1.93 bits per heavy atom. The molecule has 2 amide bonds. The van der Waals surface area contributed by atoms with Crippen LogP contribution in [0.4, 0.5) is 5.00 Å². The van der Waals surface area contributed by atoms with Crippen LogP contribution in [0.25, 0.3) is 0 Å². The largest absolute Gasteiger partial charge is 0.365 e. The van der Waals surface area contributed by atoms with Crippen LogP contribution in [-0.4, -0.2) is 27.6 Å². The van der Waals surface area contributed by atoms with Gasteiger partial charge in [0.05, 0.1) is 11.3 Å². The van der Waals surface area contributed by atoms with Crippen molar-refractivity contribution in [3.8, 4) is 0 Å². The van der Waals surface area contributed by atoms with Gasteiger partial charge in [0.25, 0.3) is 11.5 Å². The number of nitrogens with one attached hydrogen (secondary N) is 1. The summed E-state index contributed by atoms with van der Waals surface area (Å²) in [4.78, 5) is 43.2. The molecule has 2 aliphatic rings. The molecule has 0 saturated heterocycles. The Morgan fingerprint density at radius 1 is 1.18 bits per heavy atom. The first kappa shape index (κ1) is 19.2. The summed E-state index contributed by atoms with van der Waals surface area (Å²) in [5.41, 5.74) is 8.43. The van der Waals surface area contributed by atoms with Gasteiger partial charge in [0.15, 0.2) is 5.16 Å². The molecule has 2 heterocycles. The molecule has 148 valence electrons. The summed E-state index contributed by atoms with van der Waals surface area (Å²) >= 11 is 2.78. The number of carbonyl (C=O) groups is 2. The second-order valence-electron chi connectivity index (χ2n) is 7.10. The summed E-state index contributed by atoms with van der Waals surface area (Å²) in [6.07, 6.45) is 8.10. The molecule has 2 aromatic heterocycles. The molecular formula is C19H22N4O3S2. The van der Waals surface area contributed by atoms with Crippen LogP contribution in [-0.2, 0) is 37.0 Å². The Hall–Kier alpha value is -2.13. The van der Waals surface area contributed by atoms with Crippen LogP contribution in [0.15, 0.2) is 9.95 Å². The number of nitrogens with zero attached hydrogens (tertiary/aromatic N) is 2. The van der Waals surface area contributed by atoms with E-state index < -0.39 is 5.91 Å². The van der Waals surface area contributed by atoms with Gasteiger partial charge in [0, 0.05) is 10.4 Å². The van der Waals surface area contributed by atoms with Gasteiger partial charge in [-0.1, -0.05) is 11.8 Å². The van der Waals surface area contributed by atoms with E-state index >= 15 is 0 Å². The number of amides is 2. The van der Waals surface area contributed by atoms with E-state index in [2.05, 4.69) is 10.3 Å². The fraction of sp³-hybridized carbons (Fsp3) is 0.474. The Morgan fingerprint density at radius 3 is 2.68 bits per heavy atom. The van der Waals surface area contributed by atoms with Gasteiger partial charge < -0.3 is 11.1 Å². The molecule has 2 aliphatic carbocycles. The van der Waals surface area contributed by atoms with E-state index in [1.165, 1.54) is 27.7 Å². The minimum Gasteiger partial charge on any atom is -0.365 e. The lowest BCUT2D eigenvalue weighted by atomic mass is 9.95. The molecule has 0 aliphatic heterocycles. The molecule has 0 radical (unpaired) electrons. The zero-order valence-electron chi connectivity index (χ0n) is 15.7. The smallest absolute Gasteiger partial charge is 0.258 e. The van der Waals surface area contributed by atoms with Crippen LogP contribution in [0.3, 0.4) is 0 Å². The summed E-state index contributed by atoms with van der Waals surface area (Å²) in [5, 5.41) is 3.87. The first-order valence-electron chi connectivity index (χ1n) is 9.40. The monoisotopic (exact) mass is 418 g/mol. The number of aryl methyl sites for hydroxylation is 2. The highest BCUT2D eigenvalue weighted by atomic mass is 32.2. The first-order chi connectivity index (χ1) is 13.5. The van der Waals surface area contributed by atoms with Gasteiger partial charge in [0.2, 0.25) is 5.91 Å². The number of anilines is 1. The molecule has 4 rings (SSSR count). The minimum atomic E-state index is -0.518. The molecule has 0 bridgehead atoms. The lowest BCUT2D eigenvalue weighted by Gasteiger charge is -2.13. The second kappa shape index (κ2) is 7.71. The Bertz CT molecular complexity index is 1030. The molecule has 0 spiro atoms. The molecule has 2 aromatic rings. The minimum absolute atomic E-state index is 0.129. The van der Waals surface area contributed by atoms with E-state index in [4.69, 9.17) is 5.73 Å². The number of rotatable bonds is 5. The maximum atomic E-state index is 12.8. The lowest BCUT2D eigenvalue weighted by Crippen LogP contribution is -2.32. The van der Waals surface area contributed by atoms with Crippen LogP contribution in [0.1, 0.15) is 51.3 Å². The van der Waals surface area contributed by atoms with E-state index in [-0.39, 0.29) is 18.0 Å².